The molecule has 0 aliphatic carbocycles. The summed E-state index contributed by atoms with van der Waals surface area (Å²) >= 11 is 0. The number of hydrogen-bond donors (Lipinski definition) is 2. The molecule has 1 heterocycles. The highest BCUT2D eigenvalue weighted by Gasteiger charge is 2.09. The Morgan fingerprint density at radius 2 is 2.05 bits per heavy atom. The van der Waals surface area contributed by atoms with Crippen LogP contribution in [0.5, 0.6) is 0 Å². The van der Waals surface area contributed by atoms with Crippen molar-refractivity contribution in [2.45, 2.75) is 31.7 Å². The minimum atomic E-state index is 0.290. The molecule has 0 aliphatic heterocycles. The van der Waals surface area contributed by atoms with Crippen molar-refractivity contribution in [3.05, 3.63) is 53.9 Å². The number of nitrogens with zero attached hydrogens (tertiary/aromatic N) is 2. The molecule has 0 spiro atoms. The molecule has 2 rings (SSSR count). The smallest absolute Gasteiger partial charge is 0.0640 e. The average Bonchev–Trinajstić information content (AvgIpc) is 2.84. The average molecular weight is 258 g/mol. The van der Waals surface area contributed by atoms with E-state index in [0.717, 1.165) is 31.4 Å². The zero-order valence-electron chi connectivity index (χ0n) is 11.4. The molecule has 0 fully saturated rings. The van der Waals surface area contributed by atoms with Gasteiger partial charge in [-0.25, -0.2) is 0 Å². The molecule has 0 radical (unpaired) electrons. The van der Waals surface area contributed by atoms with E-state index >= 15 is 0 Å². The van der Waals surface area contributed by atoms with Crippen LogP contribution in [-0.2, 0) is 19.9 Å². The molecular weight excluding hydrogens is 236 g/mol. The van der Waals surface area contributed by atoms with Gasteiger partial charge in [-0.15, -0.1) is 0 Å². The molecule has 0 bridgehead atoms. The Labute approximate surface area is 114 Å². The van der Waals surface area contributed by atoms with Crippen molar-refractivity contribution in [2.24, 2.45) is 12.9 Å². The molecule has 4 nitrogen and oxygen atoms in total. The lowest BCUT2D eigenvalue weighted by Gasteiger charge is -2.14. The quantitative estimate of drug-likeness (QED) is 0.588. The molecule has 102 valence electrons. The van der Waals surface area contributed by atoms with Crippen LogP contribution >= 0.6 is 0 Å². The first-order valence-corrected chi connectivity index (χ1v) is 6.76. The molecular formula is C15H22N4. The monoisotopic (exact) mass is 258 g/mol. The summed E-state index contributed by atoms with van der Waals surface area (Å²) in [6.45, 7) is 0. The molecule has 1 aromatic heterocycles. The maximum absolute atomic E-state index is 5.62. The van der Waals surface area contributed by atoms with Crippen molar-refractivity contribution >= 4 is 0 Å². The van der Waals surface area contributed by atoms with Gasteiger partial charge in [0.2, 0.25) is 0 Å². The van der Waals surface area contributed by atoms with Crippen molar-refractivity contribution in [1.82, 2.24) is 15.2 Å². The van der Waals surface area contributed by atoms with E-state index in [-0.39, 0.29) is 0 Å². The first-order chi connectivity index (χ1) is 9.28. The third kappa shape index (κ3) is 4.50. The van der Waals surface area contributed by atoms with E-state index < -0.39 is 0 Å². The van der Waals surface area contributed by atoms with Gasteiger partial charge in [0.05, 0.1) is 5.69 Å². The topological polar surface area (TPSA) is 55.9 Å². The van der Waals surface area contributed by atoms with Gasteiger partial charge in [-0.3, -0.25) is 16.0 Å². The highest BCUT2D eigenvalue weighted by atomic mass is 15.3. The predicted octanol–water partition coefficient (Wildman–Crippen LogP) is 1.82. The summed E-state index contributed by atoms with van der Waals surface area (Å²) in [6.07, 6.45) is 6.13. The maximum Gasteiger partial charge on any atom is 0.0640 e. The van der Waals surface area contributed by atoms with E-state index in [2.05, 4.69) is 40.9 Å². The van der Waals surface area contributed by atoms with Crippen LogP contribution in [-0.4, -0.2) is 15.8 Å². The molecule has 1 atom stereocenters. The zero-order valence-corrected chi connectivity index (χ0v) is 11.4. The summed E-state index contributed by atoms with van der Waals surface area (Å²) in [4.78, 5) is 0. The van der Waals surface area contributed by atoms with Gasteiger partial charge in [-0.2, -0.15) is 5.10 Å². The number of nitrogens with two attached hydrogens (primary N) is 1. The van der Waals surface area contributed by atoms with Gasteiger partial charge in [-0.05, 0) is 30.9 Å². The SMILES string of the molecule is Cn1ccc(CC(CCCc2ccccc2)NN)n1. The van der Waals surface area contributed by atoms with E-state index in [4.69, 9.17) is 5.84 Å². The largest absolute Gasteiger partial charge is 0.276 e. The second-order valence-corrected chi connectivity index (χ2v) is 4.93. The number of aromatic nitrogens is 2. The first kappa shape index (κ1) is 13.8. The van der Waals surface area contributed by atoms with Crippen molar-refractivity contribution in [2.75, 3.05) is 0 Å². The van der Waals surface area contributed by atoms with E-state index in [0.29, 0.717) is 6.04 Å². The Morgan fingerprint density at radius 3 is 2.68 bits per heavy atom. The van der Waals surface area contributed by atoms with Crippen molar-refractivity contribution < 1.29 is 0 Å². The molecule has 3 N–H and O–H groups in total. The predicted molar refractivity (Wildman–Crippen MR) is 77.4 cm³/mol. The zero-order chi connectivity index (χ0) is 13.5. The number of aryl methyl sites for hydroxylation is 2. The van der Waals surface area contributed by atoms with Crippen LogP contribution < -0.4 is 11.3 Å². The van der Waals surface area contributed by atoms with Crippen molar-refractivity contribution in [1.29, 1.82) is 0 Å². The van der Waals surface area contributed by atoms with Gasteiger partial charge < -0.3 is 0 Å². The summed E-state index contributed by atoms with van der Waals surface area (Å²) in [7, 11) is 1.93. The minimum Gasteiger partial charge on any atom is -0.276 e. The van der Waals surface area contributed by atoms with Gasteiger partial charge in [0, 0.05) is 25.7 Å². The first-order valence-electron chi connectivity index (χ1n) is 6.76. The standard InChI is InChI=1S/C15H22N4/c1-19-11-10-15(18-19)12-14(17-16)9-5-8-13-6-3-2-4-7-13/h2-4,6-7,10-11,14,17H,5,8-9,12,16H2,1H3. The Morgan fingerprint density at radius 1 is 1.26 bits per heavy atom. The summed E-state index contributed by atoms with van der Waals surface area (Å²) in [5, 5.41) is 4.39. The highest BCUT2D eigenvalue weighted by molar-refractivity contribution is 5.14. The molecule has 1 aromatic carbocycles. The second-order valence-electron chi connectivity index (χ2n) is 4.93. The third-order valence-corrected chi connectivity index (χ3v) is 3.32. The summed E-state index contributed by atoms with van der Waals surface area (Å²) in [5.41, 5.74) is 5.37. The van der Waals surface area contributed by atoms with Crippen molar-refractivity contribution in [3.63, 3.8) is 0 Å². The van der Waals surface area contributed by atoms with Crippen LogP contribution in [0, 0.1) is 0 Å². The molecule has 0 saturated carbocycles. The maximum atomic E-state index is 5.62. The summed E-state index contributed by atoms with van der Waals surface area (Å²) < 4.78 is 1.83. The van der Waals surface area contributed by atoms with Gasteiger partial charge in [-0.1, -0.05) is 30.3 Å². The van der Waals surface area contributed by atoms with E-state index in [1.165, 1.54) is 5.56 Å². The van der Waals surface area contributed by atoms with Crippen LogP contribution in [0.25, 0.3) is 0 Å². The van der Waals surface area contributed by atoms with Crippen LogP contribution in [0.1, 0.15) is 24.1 Å². The normalized spacial score (nSPS) is 12.5. The number of rotatable bonds is 7. The van der Waals surface area contributed by atoms with Crippen LogP contribution in [0.3, 0.4) is 0 Å². The van der Waals surface area contributed by atoms with Gasteiger partial charge in [0.15, 0.2) is 0 Å². The molecule has 0 amide bonds. The van der Waals surface area contributed by atoms with Gasteiger partial charge >= 0.3 is 0 Å². The summed E-state index contributed by atoms with van der Waals surface area (Å²) in [6, 6.07) is 12.9. The molecule has 2 aromatic rings. The van der Waals surface area contributed by atoms with E-state index in [1.54, 1.807) is 0 Å². The lowest BCUT2D eigenvalue weighted by Crippen LogP contribution is -2.37. The van der Waals surface area contributed by atoms with E-state index in [9.17, 15) is 0 Å². The Bertz CT molecular complexity index is 478. The minimum absolute atomic E-state index is 0.290. The van der Waals surface area contributed by atoms with Gasteiger partial charge in [0.25, 0.3) is 0 Å². The van der Waals surface area contributed by atoms with E-state index in [1.807, 2.05) is 24.0 Å². The molecule has 19 heavy (non-hydrogen) atoms. The lowest BCUT2D eigenvalue weighted by molar-refractivity contribution is 0.470. The molecule has 0 saturated heterocycles. The number of nitrogens with one attached hydrogen (secondary N) is 1. The molecule has 4 heteroatoms. The molecule has 0 aliphatic rings. The van der Waals surface area contributed by atoms with Gasteiger partial charge in [0.1, 0.15) is 0 Å². The molecule has 1 unspecified atom stereocenters. The number of hydrogen-bond acceptors (Lipinski definition) is 3. The summed E-state index contributed by atoms with van der Waals surface area (Å²) in [5.74, 6) is 5.62. The van der Waals surface area contributed by atoms with Crippen molar-refractivity contribution in [3.8, 4) is 0 Å². The Balaban J connectivity index is 1.76. The highest BCUT2D eigenvalue weighted by Crippen LogP contribution is 2.09. The lowest BCUT2D eigenvalue weighted by atomic mass is 10.0. The van der Waals surface area contributed by atoms with Crippen LogP contribution in [0.15, 0.2) is 42.6 Å². The second kappa shape index (κ2) is 7.07. The fraction of sp³-hybridized carbons (Fsp3) is 0.400. The number of hydrazine groups is 1. The fourth-order valence-corrected chi connectivity index (χ4v) is 2.27. The van der Waals surface area contributed by atoms with Crippen LogP contribution in [0.2, 0.25) is 0 Å². The number of benzene rings is 1. The third-order valence-electron chi connectivity index (χ3n) is 3.32. The van der Waals surface area contributed by atoms with Crippen LogP contribution in [0.4, 0.5) is 0 Å². The Kier molecular flexibility index (Phi) is 5.12. The fourth-order valence-electron chi connectivity index (χ4n) is 2.27. The Hall–Kier alpha value is -1.65.